The molecule has 0 aromatic heterocycles. The molecule has 0 saturated heterocycles. The second-order valence-corrected chi connectivity index (χ2v) is 3.67. The largest absolute Gasteiger partial charge is 0.293 e. The van der Waals surface area contributed by atoms with E-state index in [1.165, 1.54) is 0 Å². The fourth-order valence-electron chi connectivity index (χ4n) is 1.58. The molecule has 0 radical (unpaired) electrons. The number of rotatable bonds is 7. The Morgan fingerprint density at radius 2 is 1.69 bits per heavy atom. The van der Waals surface area contributed by atoms with Crippen molar-refractivity contribution in [1.29, 1.82) is 0 Å². The van der Waals surface area contributed by atoms with Gasteiger partial charge in [-0.25, -0.2) is 4.39 Å². The lowest BCUT2D eigenvalue weighted by atomic mass is 10.1. The molecular formula is C14H18FN. The van der Waals surface area contributed by atoms with Crippen molar-refractivity contribution in [3.8, 4) is 0 Å². The van der Waals surface area contributed by atoms with E-state index < -0.39 is 6.17 Å². The van der Waals surface area contributed by atoms with Crippen molar-refractivity contribution in [3.05, 3.63) is 61.2 Å². The van der Waals surface area contributed by atoms with E-state index >= 15 is 0 Å². The van der Waals surface area contributed by atoms with Crippen LogP contribution in [0.4, 0.5) is 4.39 Å². The molecule has 1 rings (SSSR count). The average Bonchev–Trinajstić information content (AvgIpc) is 2.31. The number of alkyl halides is 1. The first-order valence-electron chi connectivity index (χ1n) is 5.41. The second kappa shape index (κ2) is 6.96. The summed E-state index contributed by atoms with van der Waals surface area (Å²) in [7, 11) is 0. The smallest absolute Gasteiger partial charge is 0.138 e. The van der Waals surface area contributed by atoms with Gasteiger partial charge < -0.3 is 0 Å². The van der Waals surface area contributed by atoms with Gasteiger partial charge in [0.2, 0.25) is 0 Å². The molecule has 1 aromatic rings. The standard InChI is InChI=1S/C14H18FN/c1-3-10-16(11-4-2)12-14(15)13-8-6-5-7-9-13/h3-9,14H,1-2,10-12H2/t14-/m1/s1. The van der Waals surface area contributed by atoms with Crippen LogP contribution in [-0.4, -0.2) is 24.5 Å². The number of halogens is 1. The maximum Gasteiger partial charge on any atom is 0.138 e. The van der Waals surface area contributed by atoms with Crippen molar-refractivity contribution in [2.45, 2.75) is 6.17 Å². The van der Waals surface area contributed by atoms with Crippen molar-refractivity contribution in [2.75, 3.05) is 19.6 Å². The van der Waals surface area contributed by atoms with Crippen molar-refractivity contribution < 1.29 is 4.39 Å². The third-order valence-corrected chi connectivity index (χ3v) is 2.35. The lowest BCUT2D eigenvalue weighted by molar-refractivity contribution is 0.221. The first-order chi connectivity index (χ1) is 7.77. The van der Waals surface area contributed by atoms with Crippen LogP contribution in [0.3, 0.4) is 0 Å². The zero-order valence-electron chi connectivity index (χ0n) is 9.48. The molecule has 0 saturated carbocycles. The number of hydrogen-bond acceptors (Lipinski definition) is 1. The molecule has 86 valence electrons. The van der Waals surface area contributed by atoms with Crippen LogP contribution in [0.25, 0.3) is 0 Å². The van der Waals surface area contributed by atoms with Gasteiger partial charge in [-0.15, -0.1) is 13.2 Å². The van der Waals surface area contributed by atoms with Gasteiger partial charge in [0.1, 0.15) is 6.17 Å². The third-order valence-electron chi connectivity index (χ3n) is 2.35. The zero-order chi connectivity index (χ0) is 11.8. The summed E-state index contributed by atoms with van der Waals surface area (Å²) >= 11 is 0. The Hall–Kier alpha value is -1.41. The van der Waals surface area contributed by atoms with Gasteiger partial charge in [-0.05, 0) is 5.56 Å². The van der Waals surface area contributed by atoms with E-state index in [1.807, 2.05) is 35.2 Å². The molecule has 1 atom stereocenters. The van der Waals surface area contributed by atoms with Crippen LogP contribution < -0.4 is 0 Å². The van der Waals surface area contributed by atoms with Crippen molar-refractivity contribution in [1.82, 2.24) is 4.90 Å². The molecule has 1 nitrogen and oxygen atoms in total. The van der Waals surface area contributed by atoms with Crippen LogP contribution in [-0.2, 0) is 0 Å². The molecule has 0 bridgehead atoms. The number of benzene rings is 1. The van der Waals surface area contributed by atoms with E-state index in [0.717, 1.165) is 5.56 Å². The Kier molecular flexibility index (Phi) is 5.51. The maximum absolute atomic E-state index is 13.9. The van der Waals surface area contributed by atoms with Gasteiger partial charge in [0, 0.05) is 19.6 Å². The van der Waals surface area contributed by atoms with E-state index in [9.17, 15) is 4.39 Å². The number of hydrogen-bond donors (Lipinski definition) is 0. The van der Waals surface area contributed by atoms with Crippen LogP contribution in [0.2, 0.25) is 0 Å². The molecule has 2 heteroatoms. The van der Waals surface area contributed by atoms with E-state index in [0.29, 0.717) is 19.6 Å². The summed E-state index contributed by atoms with van der Waals surface area (Å²) in [5.41, 5.74) is 0.723. The van der Waals surface area contributed by atoms with Crippen LogP contribution in [0, 0.1) is 0 Å². The Labute approximate surface area is 96.9 Å². The fraction of sp³-hybridized carbons (Fsp3) is 0.286. The zero-order valence-corrected chi connectivity index (χ0v) is 9.48. The molecule has 0 N–H and O–H groups in total. The Morgan fingerprint density at radius 1 is 1.12 bits per heavy atom. The minimum Gasteiger partial charge on any atom is -0.293 e. The van der Waals surface area contributed by atoms with Crippen LogP contribution in [0.5, 0.6) is 0 Å². The van der Waals surface area contributed by atoms with E-state index in [4.69, 9.17) is 0 Å². The van der Waals surface area contributed by atoms with Crippen molar-refractivity contribution in [3.63, 3.8) is 0 Å². The molecule has 1 aromatic carbocycles. The summed E-state index contributed by atoms with van der Waals surface area (Å²) in [6.45, 7) is 9.07. The highest BCUT2D eigenvalue weighted by Gasteiger charge is 2.12. The van der Waals surface area contributed by atoms with Crippen LogP contribution >= 0.6 is 0 Å². The summed E-state index contributed by atoms with van der Waals surface area (Å²) in [5.74, 6) is 0. The third kappa shape index (κ3) is 3.99. The van der Waals surface area contributed by atoms with Crippen LogP contribution in [0.15, 0.2) is 55.6 Å². The SMILES string of the molecule is C=CCN(CC=C)C[C@@H](F)c1ccccc1. The highest BCUT2D eigenvalue weighted by Crippen LogP contribution is 2.18. The molecule has 0 aliphatic rings. The normalized spacial score (nSPS) is 12.4. The van der Waals surface area contributed by atoms with Gasteiger partial charge in [-0.2, -0.15) is 0 Å². The molecule has 0 aliphatic heterocycles. The lowest BCUT2D eigenvalue weighted by Gasteiger charge is -2.21. The van der Waals surface area contributed by atoms with Crippen molar-refractivity contribution >= 4 is 0 Å². The molecule has 0 amide bonds. The molecule has 0 unspecified atom stereocenters. The monoisotopic (exact) mass is 219 g/mol. The number of nitrogens with zero attached hydrogens (tertiary/aromatic N) is 1. The summed E-state index contributed by atoms with van der Waals surface area (Å²) in [6.07, 6.45) is 2.60. The summed E-state index contributed by atoms with van der Waals surface area (Å²) in [4.78, 5) is 1.97. The van der Waals surface area contributed by atoms with E-state index in [1.54, 1.807) is 12.2 Å². The Balaban J connectivity index is 2.57. The highest BCUT2D eigenvalue weighted by atomic mass is 19.1. The Morgan fingerprint density at radius 3 is 2.19 bits per heavy atom. The van der Waals surface area contributed by atoms with Gasteiger partial charge >= 0.3 is 0 Å². The Bertz CT molecular complexity index is 311. The maximum atomic E-state index is 13.9. The minimum absolute atomic E-state index is 0.377. The molecule has 0 heterocycles. The van der Waals surface area contributed by atoms with E-state index in [2.05, 4.69) is 13.2 Å². The lowest BCUT2D eigenvalue weighted by Crippen LogP contribution is -2.27. The average molecular weight is 219 g/mol. The predicted molar refractivity (Wildman–Crippen MR) is 67.1 cm³/mol. The van der Waals surface area contributed by atoms with Crippen molar-refractivity contribution in [2.24, 2.45) is 0 Å². The van der Waals surface area contributed by atoms with Gasteiger partial charge in [0.05, 0.1) is 0 Å². The van der Waals surface area contributed by atoms with Gasteiger partial charge in [-0.3, -0.25) is 4.90 Å². The summed E-state index contributed by atoms with van der Waals surface area (Å²) < 4.78 is 13.9. The molecule has 0 spiro atoms. The minimum atomic E-state index is -0.957. The van der Waals surface area contributed by atoms with Crippen LogP contribution in [0.1, 0.15) is 11.7 Å². The molecular weight excluding hydrogens is 201 g/mol. The van der Waals surface area contributed by atoms with Gasteiger partial charge in [-0.1, -0.05) is 42.5 Å². The fourth-order valence-corrected chi connectivity index (χ4v) is 1.58. The summed E-state index contributed by atoms with van der Waals surface area (Å²) in [5, 5.41) is 0. The molecule has 0 aliphatic carbocycles. The first kappa shape index (κ1) is 12.7. The van der Waals surface area contributed by atoms with Gasteiger partial charge in [0.25, 0.3) is 0 Å². The van der Waals surface area contributed by atoms with E-state index in [-0.39, 0.29) is 0 Å². The molecule has 0 fully saturated rings. The van der Waals surface area contributed by atoms with Gasteiger partial charge in [0.15, 0.2) is 0 Å². The quantitative estimate of drug-likeness (QED) is 0.635. The predicted octanol–water partition coefficient (Wildman–Crippen LogP) is 3.37. The highest BCUT2D eigenvalue weighted by molar-refractivity contribution is 5.17. The topological polar surface area (TPSA) is 3.24 Å². The summed E-state index contributed by atoms with van der Waals surface area (Å²) in [6, 6.07) is 9.22. The first-order valence-corrected chi connectivity index (χ1v) is 5.41. The molecule has 16 heavy (non-hydrogen) atoms. The second-order valence-electron chi connectivity index (χ2n) is 3.67.